The minimum Gasteiger partial charge on any atom is -0.497 e. The lowest BCUT2D eigenvalue weighted by Gasteiger charge is -2.38. The van der Waals surface area contributed by atoms with Gasteiger partial charge in [-0.1, -0.05) is 30.3 Å². The number of carbonyl (C=O) groups excluding carboxylic acids is 1. The number of piperidine rings is 1. The van der Waals surface area contributed by atoms with Crippen molar-refractivity contribution in [2.75, 3.05) is 19.5 Å². The number of carbonyl (C=O) groups is 1. The average molecular weight is 380 g/mol. The first kappa shape index (κ1) is 18.8. The Hall–Kier alpha value is -2.53. The lowest BCUT2D eigenvalue weighted by Crippen LogP contribution is -2.45. The van der Waals surface area contributed by atoms with Gasteiger partial charge in [0.2, 0.25) is 5.91 Å². The van der Waals surface area contributed by atoms with Gasteiger partial charge in [-0.2, -0.15) is 0 Å². The Bertz CT molecular complexity index is 810. The molecule has 4 rings (SSSR count). The maximum Gasteiger partial charge on any atom is 0.227 e. The molecule has 2 unspecified atom stereocenters. The summed E-state index contributed by atoms with van der Waals surface area (Å²) in [5, 5.41) is 3.08. The van der Waals surface area contributed by atoms with E-state index in [0.717, 1.165) is 19.4 Å². The van der Waals surface area contributed by atoms with Gasteiger partial charge in [-0.15, -0.1) is 0 Å². The van der Waals surface area contributed by atoms with Gasteiger partial charge < -0.3 is 14.8 Å². The van der Waals surface area contributed by atoms with Crippen LogP contribution in [0.1, 0.15) is 31.2 Å². The highest BCUT2D eigenvalue weighted by molar-refractivity contribution is 5.94. The summed E-state index contributed by atoms with van der Waals surface area (Å²) in [6.45, 7) is 0.983. The Morgan fingerprint density at radius 2 is 1.75 bits per heavy atom. The van der Waals surface area contributed by atoms with Gasteiger partial charge in [0.05, 0.1) is 19.9 Å². The Kier molecular flexibility index (Phi) is 5.53. The molecule has 2 aliphatic rings. The third kappa shape index (κ3) is 3.85. The van der Waals surface area contributed by atoms with E-state index in [9.17, 15) is 4.79 Å². The minimum absolute atomic E-state index is 0.0522. The van der Waals surface area contributed by atoms with Crippen molar-refractivity contribution in [2.24, 2.45) is 5.92 Å². The zero-order valence-corrected chi connectivity index (χ0v) is 16.6. The fourth-order valence-corrected chi connectivity index (χ4v) is 4.68. The Balaban J connectivity index is 1.41. The Morgan fingerprint density at radius 1 is 1.04 bits per heavy atom. The molecule has 0 spiro atoms. The summed E-state index contributed by atoms with van der Waals surface area (Å²) in [5.41, 5.74) is 2.05. The second kappa shape index (κ2) is 8.23. The number of ether oxygens (including phenoxy) is 2. The van der Waals surface area contributed by atoms with Gasteiger partial charge in [0.15, 0.2) is 0 Å². The fourth-order valence-electron chi connectivity index (χ4n) is 4.68. The lowest BCUT2D eigenvalue weighted by atomic mass is 9.89. The molecule has 1 amide bonds. The summed E-state index contributed by atoms with van der Waals surface area (Å²) in [5.74, 6) is 1.48. The zero-order chi connectivity index (χ0) is 19.5. The number of fused-ring (bicyclic) bond motifs is 2. The molecule has 0 radical (unpaired) electrons. The average Bonchev–Trinajstić information content (AvgIpc) is 2.96. The van der Waals surface area contributed by atoms with Gasteiger partial charge in [-0.25, -0.2) is 0 Å². The number of rotatable bonds is 6. The van der Waals surface area contributed by atoms with E-state index in [4.69, 9.17) is 9.47 Å². The molecule has 0 aliphatic carbocycles. The summed E-state index contributed by atoms with van der Waals surface area (Å²) >= 11 is 0. The van der Waals surface area contributed by atoms with Crippen molar-refractivity contribution in [2.45, 2.75) is 44.3 Å². The number of hydrogen-bond donors (Lipinski definition) is 1. The van der Waals surface area contributed by atoms with Crippen molar-refractivity contribution in [1.29, 1.82) is 0 Å². The van der Waals surface area contributed by atoms with Crippen LogP contribution in [0, 0.1) is 5.92 Å². The first-order valence-electron chi connectivity index (χ1n) is 10.0. The number of hydrogen-bond acceptors (Lipinski definition) is 4. The Morgan fingerprint density at radius 3 is 2.39 bits per heavy atom. The van der Waals surface area contributed by atoms with E-state index >= 15 is 0 Å². The van der Waals surface area contributed by atoms with Crippen LogP contribution in [0.2, 0.25) is 0 Å². The van der Waals surface area contributed by atoms with E-state index in [1.165, 1.54) is 18.4 Å². The third-order valence-electron chi connectivity index (χ3n) is 6.13. The second-order valence-corrected chi connectivity index (χ2v) is 7.77. The van der Waals surface area contributed by atoms with Crippen LogP contribution in [0.25, 0.3) is 0 Å². The van der Waals surface area contributed by atoms with E-state index in [0.29, 0.717) is 29.3 Å². The number of anilines is 1. The number of amides is 1. The van der Waals surface area contributed by atoms with Crippen molar-refractivity contribution >= 4 is 11.6 Å². The van der Waals surface area contributed by atoms with E-state index < -0.39 is 0 Å². The molecule has 1 N–H and O–H groups in total. The van der Waals surface area contributed by atoms with Crippen molar-refractivity contribution < 1.29 is 14.3 Å². The molecule has 2 saturated heterocycles. The van der Waals surface area contributed by atoms with E-state index in [2.05, 4.69) is 40.5 Å². The van der Waals surface area contributed by atoms with Crippen molar-refractivity contribution in [3.8, 4) is 11.5 Å². The highest BCUT2D eigenvalue weighted by atomic mass is 16.5. The summed E-state index contributed by atoms with van der Waals surface area (Å²) in [7, 11) is 3.22. The van der Waals surface area contributed by atoms with Gasteiger partial charge in [-0.05, 0) is 43.4 Å². The van der Waals surface area contributed by atoms with Crippen LogP contribution in [-0.2, 0) is 11.3 Å². The highest BCUT2D eigenvalue weighted by Gasteiger charge is 2.42. The predicted molar refractivity (Wildman–Crippen MR) is 110 cm³/mol. The molecule has 2 atom stereocenters. The fraction of sp³-hybridized carbons (Fsp3) is 0.435. The molecule has 28 heavy (non-hydrogen) atoms. The van der Waals surface area contributed by atoms with Crippen LogP contribution in [-0.4, -0.2) is 37.1 Å². The number of methoxy groups -OCH3 is 2. The van der Waals surface area contributed by atoms with Gasteiger partial charge in [0, 0.05) is 30.6 Å². The summed E-state index contributed by atoms with van der Waals surface area (Å²) in [6, 6.07) is 17.1. The molecule has 148 valence electrons. The predicted octanol–water partition coefficient (Wildman–Crippen LogP) is 4.09. The molecule has 5 nitrogen and oxygen atoms in total. The van der Waals surface area contributed by atoms with Crippen molar-refractivity contribution in [1.82, 2.24) is 4.90 Å². The summed E-state index contributed by atoms with van der Waals surface area (Å²) < 4.78 is 10.6. The maximum absolute atomic E-state index is 13.0. The first-order chi connectivity index (χ1) is 13.7. The van der Waals surface area contributed by atoms with Crippen LogP contribution >= 0.6 is 0 Å². The number of benzene rings is 2. The van der Waals surface area contributed by atoms with Crippen LogP contribution < -0.4 is 14.8 Å². The summed E-state index contributed by atoms with van der Waals surface area (Å²) in [4.78, 5) is 15.6. The van der Waals surface area contributed by atoms with Crippen LogP contribution in [0.15, 0.2) is 48.5 Å². The van der Waals surface area contributed by atoms with Crippen LogP contribution in [0.3, 0.4) is 0 Å². The normalized spacial score (nSPS) is 24.0. The molecule has 2 bridgehead atoms. The van der Waals surface area contributed by atoms with Gasteiger partial charge in [0.1, 0.15) is 11.5 Å². The largest absolute Gasteiger partial charge is 0.497 e. The molecule has 2 aromatic rings. The van der Waals surface area contributed by atoms with E-state index in [-0.39, 0.29) is 11.8 Å². The quantitative estimate of drug-likeness (QED) is 0.820. The minimum atomic E-state index is 0.0522. The monoisotopic (exact) mass is 380 g/mol. The molecule has 2 heterocycles. The molecule has 2 aromatic carbocycles. The second-order valence-electron chi connectivity index (χ2n) is 7.77. The van der Waals surface area contributed by atoms with Crippen LogP contribution in [0.4, 0.5) is 5.69 Å². The smallest absolute Gasteiger partial charge is 0.227 e. The van der Waals surface area contributed by atoms with Crippen LogP contribution in [0.5, 0.6) is 11.5 Å². The summed E-state index contributed by atoms with van der Waals surface area (Å²) in [6.07, 6.45) is 4.22. The molecule has 5 heteroatoms. The molecular weight excluding hydrogens is 352 g/mol. The van der Waals surface area contributed by atoms with Gasteiger partial charge in [-0.3, -0.25) is 9.69 Å². The lowest BCUT2D eigenvalue weighted by molar-refractivity contribution is -0.122. The van der Waals surface area contributed by atoms with Crippen molar-refractivity contribution in [3.05, 3.63) is 54.1 Å². The molecule has 2 aliphatic heterocycles. The third-order valence-corrected chi connectivity index (χ3v) is 6.13. The van der Waals surface area contributed by atoms with Gasteiger partial charge in [0.25, 0.3) is 0 Å². The Labute approximate surface area is 166 Å². The maximum atomic E-state index is 13.0. The van der Waals surface area contributed by atoms with Gasteiger partial charge >= 0.3 is 0 Å². The van der Waals surface area contributed by atoms with E-state index in [1.807, 2.05) is 12.1 Å². The molecular formula is C23H28N2O3. The standard InChI is InChI=1S/C23H28N2O3/c1-27-20-10-11-21(22(14-20)28-2)24-23(26)17-12-18-8-9-19(13-17)25(18)15-16-6-4-3-5-7-16/h3-7,10-11,14,17-19H,8-9,12-13,15H2,1-2H3,(H,24,26). The molecule has 2 fully saturated rings. The first-order valence-corrected chi connectivity index (χ1v) is 10.0. The molecule has 0 saturated carbocycles. The van der Waals surface area contributed by atoms with E-state index in [1.54, 1.807) is 20.3 Å². The topological polar surface area (TPSA) is 50.8 Å². The highest BCUT2D eigenvalue weighted by Crippen LogP contribution is 2.40. The number of nitrogens with one attached hydrogen (secondary N) is 1. The zero-order valence-electron chi connectivity index (χ0n) is 16.6. The number of nitrogens with zero attached hydrogens (tertiary/aromatic N) is 1. The SMILES string of the molecule is COc1ccc(NC(=O)C2CC3CCC(C2)N3Cc2ccccc2)c(OC)c1. The molecule has 0 aromatic heterocycles. The van der Waals surface area contributed by atoms with Crippen molar-refractivity contribution in [3.63, 3.8) is 0 Å².